The molecule has 1 heterocycles. The summed E-state index contributed by atoms with van der Waals surface area (Å²) < 4.78 is 54.0. The first-order valence-electron chi connectivity index (χ1n) is 5.64. The third kappa shape index (κ3) is 4.58. The van der Waals surface area contributed by atoms with Gasteiger partial charge < -0.3 is 0 Å². The molecule has 0 unspecified atom stereocenters. The van der Waals surface area contributed by atoms with Gasteiger partial charge in [0.05, 0.1) is 10.9 Å². The van der Waals surface area contributed by atoms with Gasteiger partial charge in [-0.25, -0.2) is 4.21 Å². The van der Waals surface area contributed by atoms with E-state index in [-0.39, 0.29) is 0 Å². The van der Waals surface area contributed by atoms with Crippen molar-refractivity contribution in [1.82, 2.24) is 4.98 Å². The lowest BCUT2D eigenvalue weighted by Gasteiger charge is -2.21. The van der Waals surface area contributed by atoms with Crippen molar-refractivity contribution in [2.45, 2.75) is 44.7 Å². The van der Waals surface area contributed by atoms with Crippen molar-refractivity contribution in [3.63, 3.8) is 0 Å². The lowest BCUT2D eigenvalue weighted by molar-refractivity contribution is -0.141. The van der Waals surface area contributed by atoms with E-state index < -0.39 is 33.8 Å². The minimum atomic E-state index is -4.50. The maximum Gasteiger partial charge on any atom is 0.433 e. The van der Waals surface area contributed by atoms with Crippen LogP contribution in [0.15, 0.2) is 18.3 Å². The highest BCUT2D eigenvalue weighted by Gasteiger charge is 2.33. The third-order valence-electron chi connectivity index (χ3n) is 2.28. The molecule has 0 bridgehead atoms. The number of halogens is 3. The van der Waals surface area contributed by atoms with Gasteiger partial charge in [0.15, 0.2) is 11.1 Å². The Hall–Kier alpha value is -0.950. The molecule has 0 aliphatic carbocycles. The van der Waals surface area contributed by atoms with Gasteiger partial charge in [-0.1, -0.05) is 0 Å². The van der Waals surface area contributed by atoms with Crippen LogP contribution in [-0.2, 0) is 21.4 Å². The third-order valence-corrected chi connectivity index (χ3v) is 3.74. The number of aromatic nitrogens is 1. The van der Waals surface area contributed by atoms with Gasteiger partial charge in [-0.05, 0) is 45.4 Å². The Bertz CT molecular complexity index is 469. The average Bonchev–Trinajstić information content (AvgIpc) is 2.26. The molecule has 19 heavy (non-hydrogen) atoms. The van der Waals surface area contributed by atoms with E-state index >= 15 is 0 Å². The van der Waals surface area contributed by atoms with Crippen molar-refractivity contribution < 1.29 is 21.6 Å². The number of hydrogen-bond acceptors (Lipinski definition) is 3. The van der Waals surface area contributed by atoms with Gasteiger partial charge >= 0.3 is 6.18 Å². The second-order valence-corrected chi connectivity index (χ2v) is 6.94. The summed E-state index contributed by atoms with van der Waals surface area (Å²) in [5, 5.41) is 0. The highest BCUT2D eigenvalue weighted by molar-refractivity contribution is 7.81. The predicted octanol–water partition coefficient (Wildman–Crippen LogP) is 3.64. The van der Waals surface area contributed by atoms with Crippen LogP contribution in [0.2, 0.25) is 0 Å². The molecule has 2 atom stereocenters. The first-order valence-corrected chi connectivity index (χ1v) is 6.71. The Morgan fingerprint density at radius 2 is 1.89 bits per heavy atom. The first-order chi connectivity index (χ1) is 8.51. The molecule has 0 aliphatic rings. The van der Waals surface area contributed by atoms with Gasteiger partial charge in [-0.15, -0.1) is 0 Å². The van der Waals surface area contributed by atoms with Crippen LogP contribution in [0.1, 0.15) is 45.1 Å². The largest absolute Gasteiger partial charge is 0.433 e. The van der Waals surface area contributed by atoms with Crippen LogP contribution in [0.5, 0.6) is 0 Å². The van der Waals surface area contributed by atoms with E-state index in [0.717, 1.165) is 12.3 Å². The van der Waals surface area contributed by atoms with Gasteiger partial charge in [0.1, 0.15) is 5.69 Å². The average molecular weight is 295 g/mol. The summed E-state index contributed by atoms with van der Waals surface area (Å²) in [6.45, 7) is 6.73. The SMILES string of the molecule is C[C@@H](O[S@@](=O)C(C)(C)C)c1ccnc(C(F)(F)F)c1. The maximum atomic E-state index is 12.5. The fourth-order valence-electron chi connectivity index (χ4n) is 1.19. The molecular formula is C12H16F3NO2S. The van der Waals surface area contributed by atoms with Gasteiger partial charge in [0.25, 0.3) is 0 Å². The van der Waals surface area contributed by atoms with E-state index in [1.807, 2.05) is 0 Å². The van der Waals surface area contributed by atoms with Gasteiger partial charge in [0.2, 0.25) is 0 Å². The van der Waals surface area contributed by atoms with Crippen LogP contribution >= 0.6 is 0 Å². The van der Waals surface area contributed by atoms with Crippen molar-refractivity contribution in [1.29, 1.82) is 0 Å². The van der Waals surface area contributed by atoms with Crippen molar-refractivity contribution in [3.05, 3.63) is 29.6 Å². The number of rotatable bonds is 3. The second kappa shape index (κ2) is 5.58. The second-order valence-electron chi connectivity index (χ2n) is 5.06. The van der Waals surface area contributed by atoms with Crippen molar-refractivity contribution in [2.24, 2.45) is 0 Å². The highest BCUT2D eigenvalue weighted by atomic mass is 32.2. The summed E-state index contributed by atoms with van der Waals surface area (Å²) in [6.07, 6.45) is -4.14. The first kappa shape index (κ1) is 16.1. The zero-order chi connectivity index (χ0) is 14.8. The van der Waals surface area contributed by atoms with Crippen LogP contribution in [0.4, 0.5) is 13.2 Å². The summed E-state index contributed by atoms with van der Waals surface area (Å²) in [7, 11) is 0. The van der Waals surface area contributed by atoms with E-state index in [1.54, 1.807) is 27.7 Å². The summed E-state index contributed by atoms with van der Waals surface area (Å²) in [4.78, 5) is 3.26. The van der Waals surface area contributed by atoms with Crippen LogP contribution in [0.3, 0.4) is 0 Å². The quantitative estimate of drug-likeness (QED) is 0.854. The Morgan fingerprint density at radius 1 is 1.32 bits per heavy atom. The Morgan fingerprint density at radius 3 is 2.37 bits per heavy atom. The standard InChI is InChI=1S/C12H16F3NO2S/c1-8(18-19(17)11(2,3)4)9-5-6-16-10(7-9)12(13,14)15/h5-8H,1-4H3/t8-,19-/m1/s1. The fourth-order valence-corrected chi connectivity index (χ4v) is 1.85. The number of pyridine rings is 1. The Balaban J connectivity index is 2.89. The predicted molar refractivity (Wildman–Crippen MR) is 66.6 cm³/mol. The van der Waals surface area contributed by atoms with Gasteiger partial charge in [0, 0.05) is 6.20 Å². The molecule has 0 spiro atoms. The summed E-state index contributed by atoms with van der Waals surface area (Å²) >= 11 is -1.60. The van der Waals surface area contributed by atoms with E-state index in [1.165, 1.54) is 6.07 Å². The smallest absolute Gasteiger partial charge is 0.282 e. The molecule has 0 saturated carbocycles. The molecule has 1 aromatic rings. The van der Waals surface area contributed by atoms with Gasteiger partial charge in [-0.3, -0.25) is 9.17 Å². The van der Waals surface area contributed by atoms with E-state index in [4.69, 9.17) is 4.18 Å². The van der Waals surface area contributed by atoms with Crippen LogP contribution in [0, 0.1) is 0 Å². The van der Waals surface area contributed by atoms with Crippen molar-refractivity contribution in [2.75, 3.05) is 0 Å². The topological polar surface area (TPSA) is 39.2 Å². The van der Waals surface area contributed by atoms with Gasteiger partial charge in [-0.2, -0.15) is 13.2 Å². The molecule has 0 aliphatic heterocycles. The molecule has 7 heteroatoms. The fraction of sp³-hybridized carbons (Fsp3) is 0.583. The normalized spacial score (nSPS) is 16.2. The number of hydrogen-bond donors (Lipinski definition) is 0. The maximum absolute atomic E-state index is 12.5. The lowest BCUT2D eigenvalue weighted by Crippen LogP contribution is -2.24. The van der Waals surface area contributed by atoms with Crippen molar-refractivity contribution >= 4 is 11.1 Å². The zero-order valence-electron chi connectivity index (χ0n) is 11.1. The molecule has 0 radical (unpaired) electrons. The monoisotopic (exact) mass is 295 g/mol. The molecule has 0 fully saturated rings. The highest BCUT2D eigenvalue weighted by Crippen LogP contribution is 2.30. The molecule has 0 saturated heterocycles. The van der Waals surface area contributed by atoms with Crippen LogP contribution in [-0.4, -0.2) is 13.9 Å². The summed E-state index contributed by atoms with van der Waals surface area (Å²) in [5.41, 5.74) is -0.693. The lowest BCUT2D eigenvalue weighted by atomic mass is 10.1. The minimum absolute atomic E-state index is 0.292. The van der Waals surface area contributed by atoms with E-state index in [0.29, 0.717) is 5.56 Å². The Labute approximate surface area is 112 Å². The molecular weight excluding hydrogens is 279 g/mol. The molecule has 0 N–H and O–H groups in total. The van der Waals surface area contributed by atoms with Crippen LogP contribution < -0.4 is 0 Å². The van der Waals surface area contributed by atoms with Crippen LogP contribution in [0.25, 0.3) is 0 Å². The number of nitrogens with zero attached hydrogens (tertiary/aromatic N) is 1. The Kier molecular flexibility index (Phi) is 4.73. The van der Waals surface area contributed by atoms with E-state index in [9.17, 15) is 17.4 Å². The molecule has 0 aromatic carbocycles. The minimum Gasteiger partial charge on any atom is -0.282 e. The molecule has 108 valence electrons. The molecule has 1 aromatic heterocycles. The summed E-state index contributed by atoms with van der Waals surface area (Å²) in [5.74, 6) is 0. The molecule has 0 amide bonds. The summed E-state index contributed by atoms with van der Waals surface area (Å²) in [6, 6.07) is 2.32. The van der Waals surface area contributed by atoms with E-state index in [2.05, 4.69) is 4.98 Å². The molecule has 3 nitrogen and oxygen atoms in total. The zero-order valence-corrected chi connectivity index (χ0v) is 11.9. The van der Waals surface area contributed by atoms with Crippen molar-refractivity contribution in [3.8, 4) is 0 Å². The molecule has 1 rings (SSSR count). The number of alkyl halides is 3.